The molecule has 60 valence electrons. The van der Waals surface area contributed by atoms with Crippen LogP contribution >= 0.6 is 15.9 Å². The molecule has 1 aliphatic heterocycles. The van der Waals surface area contributed by atoms with Crippen molar-refractivity contribution in [3.05, 3.63) is 0 Å². The maximum atomic E-state index is 5.65. The summed E-state index contributed by atoms with van der Waals surface area (Å²) in [5.74, 6) is 1.41. The van der Waals surface area contributed by atoms with E-state index in [1.54, 1.807) is 0 Å². The Kier molecular flexibility index (Phi) is 2.75. The molecule has 2 heteroatoms. The first-order valence-electron chi connectivity index (χ1n) is 3.88. The standard InChI is InChI=1S/C8H15BrO/c1-5-6(2)10-7(3)8(5)4-9/h5-8H,4H2,1-3H3. The number of alkyl halides is 1. The van der Waals surface area contributed by atoms with Crippen LogP contribution in [-0.2, 0) is 4.74 Å². The minimum atomic E-state index is 0.435. The predicted octanol–water partition coefficient (Wildman–Crippen LogP) is 2.44. The van der Waals surface area contributed by atoms with Crippen LogP contribution in [0.3, 0.4) is 0 Å². The van der Waals surface area contributed by atoms with Crippen molar-refractivity contribution in [3.63, 3.8) is 0 Å². The van der Waals surface area contributed by atoms with Crippen LogP contribution in [0.4, 0.5) is 0 Å². The second-order valence-corrected chi connectivity index (χ2v) is 3.87. The van der Waals surface area contributed by atoms with Gasteiger partial charge < -0.3 is 4.74 Å². The van der Waals surface area contributed by atoms with E-state index in [0.717, 1.165) is 5.33 Å². The minimum Gasteiger partial charge on any atom is -0.375 e. The van der Waals surface area contributed by atoms with Crippen molar-refractivity contribution in [2.45, 2.75) is 33.0 Å². The lowest BCUT2D eigenvalue weighted by Gasteiger charge is -2.13. The van der Waals surface area contributed by atoms with Gasteiger partial charge in [-0.15, -0.1) is 0 Å². The van der Waals surface area contributed by atoms with Crippen LogP contribution in [-0.4, -0.2) is 17.5 Å². The van der Waals surface area contributed by atoms with Gasteiger partial charge in [0.1, 0.15) is 0 Å². The van der Waals surface area contributed by atoms with Gasteiger partial charge in [-0.2, -0.15) is 0 Å². The number of rotatable bonds is 1. The summed E-state index contributed by atoms with van der Waals surface area (Å²) in [6, 6.07) is 0. The van der Waals surface area contributed by atoms with Crippen LogP contribution < -0.4 is 0 Å². The molecule has 0 N–H and O–H groups in total. The number of hydrogen-bond donors (Lipinski definition) is 0. The van der Waals surface area contributed by atoms with Crippen molar-refractivity contribution in [1.82, 2.24) is 0 Å². The van der Waals surface area contributed by atoms with Crippen molar-refractivity contribution in [3.8, 4) is 0 Å². The lowest BCUT2D eigenvalue weighted by molar-refractivity contribution is 0.0528. The molecule has 1 saturated heterocycles. The van der Waals surface area contributed by atoms with Crippen molar-refractivity contribution in [2.24, 2.45) is 11.8 Å². The van der Waals surface area contributed by atoms with E-state index < -0.39 is 0 Å². The first-order chi connectivity index (χ1) is 4.66. The van der Waals surface area contributed by atoms with Crippen LogP contribution in [0.1, 0.15) is 20.8 Å². The van der Waals surface area contributed by atoms with E-state index in [4.69, 9.17) is 4.74 Å². The highest BCUT2D eigenvalue weighted by atomic mass is 79.9. The second-order valence-electron chi connectivity index (χ2n) is 3.22. The lowest BCUT2D eigenvalue weighted by atomic mass is 9.92. The maximum absolute atomic E-state index is 5.65. The largest absolute Gasteiger partial charge is 0.375 e. The quantitative estimate of drug-likeness (QED) is 0.600. The van der Waals surface area contributed by atoms with E-state index in [9.17, 15) is 0 Å². The summed E-state index contributed by atoms with van der Waals surface area (Å²) in [5, 5.41) is 1.07. The molecule has 0 aliphatic carbocycles. The van der Waals surface area contributed by atoms with E-state index in [0.29, 0.717) is 24.0 Å². The fourth-order valence-corrected chi connectivity index (χ4v) is 2.72. The van der Waals surface area contributed by atoms with E-state index in [-0.39, 0.29) is 0 Å². The molecule has 10 heavy (non-hydrogen) atoms. The van der Waals surface area contributed by atoms with E-state index >= 15 is 0 Å². The Bertz CT molecular complexity index is 116. The minimum absolute atomic E-state index is 0.435. The molecule has 4 unspecified atom stereocenters. The monoisotopic (exact) mass is 206 g/mol. The van der Waals surface area contributed by atoms with Gasteiger partial charge in [-0.25, -0.2) is 0 Å². The summed E-state index contributed by atoms with van der Waals surface area (Å²) in [6.45, 7) is 6.58. The van der Waals surface area contributed by atoms with Gasteiger partial charge in [-0.3, -0.25) is 0 Å². The van der Waals surface area contributed by atoms with Gasteiger partial charge >= 0.3 is 0 Å². The molecular weight excluding hydrogens is 192 g/mol. The van der Waals surface area contributed by atoms with E-state index in [1.165, 1.54) is 0 Å². The molecule has 0 aromatic carbocycles. The van der Waals surface area contributed by atoms with Crippen molar-refractivity contribution < 1.29 is 4.74 Å². The lowest BCUT2D eigenvalue weighted by Crippen LogP contribution is -2.18. The van der Waals surface area contributed by atoms with Crippen LogP contribution in [0.5, 0.6) is 0 Å². The summed E-state index contributed by atoms with van der Waals surface area (Å²) in [5.41, 5.74) is 0. The second kappa shape index (κ2) is 3.22. The molecule has 0 bridgehead atoms. The van der Waals surface area contributed by atoms with E-state index in [2.05, 4.69) is 36.7 Å². The number of hydrogen-bond acceptors (Lipinski definition) is 1. The summed E-state index contributed by atoms with van der Waals surface area (Å²) in [4.78, 5) is 0. The number of ether oxygens (including phenoxy) is 1. The molecule has 1 aliphatic rings. The molecule has 0 amide bonds. The zero-order valence-electron chi connectivity index (χ0n) is 6.80. The smallest absolute Gasteiger partial charge is 0.0590 e. The summed E-state index contributed by atoms with van der Waals surface area (Å²) in [6.07, 6.45) is 0.877. The maximum Gasteiger partial charge on any atom is 0.0590 e. The third-order valence-electron chi connectivity index (χ3n) is 2.63. The van der Waals surface area contributed by atoms with Crippen LogP contribution in [0.15, 0.2) is 0 Å². The Labute approximate surface area is 71.3 Å². The molecule has 1 fully saturated rings. The van der Waals surface area contributed by atoms with Gasteiger partial charge in [0.2, 0.25) is 0 Å². The fourth-order valence-electron chi connectivity index (χ4n) is 1.61. The third-order valence-corrected chi connectivity index (χ3v) is 3.37. The Morgan fingerprint density at radius 2 is 1.80 bits per heavy atom. The first kappa shape index (κ1) is 8.54. The molecule has 0 radical (unpaired) electrons. The Morgan fingerprint density at radius 1 is 1.20 bits per heavy atom. The molecule has 0 aromatic heterocycles. The van der Waals surface area contributed by atoms with Gasteiger partial charge in [-0.1, -0.05) is 22.9 Å². The van der Waals surface area contributed by atoms with Gasteiger partial charge in [0.25, 0.3) is 0 Å². The normalized spacial score (nSPS) is 48.0. The summed E-state index contributed by atoms with van der Waals surface area (Å²) >= 11 is 3.50. The average Bonchev–Trinajstić information content (AvgIpc) is 2.09. The van der Waals surface area contributed by atoms with Crippen molar-refractivity contribution >= 4 is 15.9 Å². The average molecular weight is 207 g/mol. The fraction of sp³-hybridized carbons (Fsp3) is 1.00. The molecule has 1 nitrogen and oxygen atoms in total. The van der Waals surface area contributed by atoms with Crippen molar-refractivity contribution in [1.29, 1.82) is 0 Å². The van der Waals surface area contributed by atoms with Gasteiger partial charge in [0, 0.05) is 5.33 Å². The first-order valence-corrected chi connectivity index (χ1v) is 5.00. The Morgan fingerprint density at radius 3 is 2.00 bits per heavy atom. The molecule has 4 atom stereocenters. The highest BCUT2D eigenvalue weighted by molar-refractivity contribution is 9.09. The molecule has 0 aromatic rings. The zero-order chi connectivity index (χ0) is 7.72. The van der Waals surface area contributed by atoms with Gasteiger partial charge in [-0.05, 0) is 25.7 Å². The third kappa shape index (κ3) is 1.37. The Hall–Kier alpha value is 0.440. The summed E-state index contributed by atoms with van der Waals surface area (Å²) in [7, 11) is 0. The zero-order valence-corrected chi connectivity index (χ0v) is 8.39. The summed E-state index contributed by atoms with van der Waals surface area (Å²) < 4.78 is 5.65. The molecule has 1 rings (SSSR count). The Balaban J connectivity index is 2.55. The number of halogens is 1. The molecule has 1 heterocycles. The highest BCUT2D eigenvalue weighted by Crippen LogP contribution is 2.32. The van der Waals surface area contributed by atoms with Gasteiger partial charge in [0.15, 0.2) is 0 Å². The van der Waals surface area contributed by atoms with Crippen LogP contribution in [0.25, 0.3) is 0 Å². The SMILES string of the molecule is CC1OC(C)C(CBr)C1C. The van der Waals surface area contributed by atoms with E-state index in [1.807, 2.05) is 0 Å². The van der Waals surface area contributed by atoms with Crippen LogP contribution in [0.2, 0.25) is 0 Å². The molecule has 0 spiro atoms. The topological polar surface area (TPSA) is 9.23 Å². The van der Waals surface area contributed by atoms with Crippen LogP contribution in [0, 0.1) is 11.8 Å². The molecular formula is C8H15BrO. The van der Waals surface area contributed by atoms with Crippen molar-refractivity contribution in [2.75, 3.05) is 5.33 Å². The predicted molar refractivity (Wildman–Crippen MR) is 46.5 cm³/mol. The molecule has 0 saturated carbocycles. The highest BCUT2D eigenvalue weighted by Gasteiger charge is 2.35. The van der Waals surface area contributed by atoms with Gasteiger partial charge in [0.05, 0.1) is 12.2 Å².